The molecule has 0 amide bonds. The van der Waals surface area contributed by atoms with Crippen LogP contribution in [0.15, 0.2) is 24.9 Å². The Kier molecular flexibility index (Phi) is 2.19. The van der Waals surface area contributed by atoms with Gasteiger partial charge in [0.25, 0.3) is 0 Å². The summed E-state index contributed by atoms with van der Waals surface area (Å²) < 4.78 is 1.60. The second-order valence-electron chi connectivity index (χ2n) is 2.97. The Morgan fingerprint density at radius 3 is 2.64 bits per heavy atom. The van der Waals surface area contributed by atoms with Gasteiger partial charge in [-0.2, -0.15) is 0 Å². The van der Waals surface area contributed by atoms with E-state index in [1.807, 2.05) is 6.92 Å². The summed E-state index contributed by atoms with van der Waals surface area (Å²) in [6.07, 6.45) is 6.55. The summed E-state index contributed by atoms with van der Waals surface area (Å²) in [6.45, 7) is 1.86. The van der Waals surface area contributed by atoms with Crippen molar-refractivity contribution in [2.45, 2.75) is 13.0 Å². The third-order valence-corrected chi connectivity index (χ3v) is 1.79. The van der Waals surface area contributed by atoms with Crippen LogP contribution >= 0.6 is 0 Å². The number of nitrogens with zero attached hydrogens (tertiary/aromatic N) is 5. The Balaban J connectivity index is 2.34. The summed E-state index contributed by atoms with van der Waals surface area (Å²) >= 11 is 0. The van der Waals surface area contributed by atoms with Crippen LogP contribution in [0, 0.1) is 0 Å². The molecule has 0 bridgehead atoms. The molecule has 2 heterocycles. The van der Waals surface area contributed by atoms with Gasteiger partial charge in [-0.3, -0.25) is 0 Å². The second-order valence-corrected chi connectivity index (χ2v) is 2.97. The Hall–Kier alpha value is -1.82. The van der Waals surface area contributed by atoms with Crippen LogP contribution in [0.4, 0.5) is 0 Å². The third-order valence-electron chi connectivity index (χ3n) is 1.79. The first-order chi connectivity index (χ1) is 6.77. The lowest BCUT2D eigenvalue weighted by atomic mass is 10.3. The molecule has 6 nitrogen and oxygen atoms in total. The zero-order valence-corrected chi connectivity index (χ0v) is 7.70. The molecule has 2 rings (SSSR count). The fourth-order valence-electron chi connectivity index (χ4n) is 1.02. The van der Waals surface area contributed by atoms with Crippen molar-refractivity contribution in [1.82, 2.24) is 25.0 Å². The molecule has 0 radical (unpaired) electrons. The Bertz CT molecular complexity index is 407. The lowest BCUT2D eigenvalue weighted by Gasteiger charge is -1.97. The minimum absolute atomic E-state index is 0.117. The minimum atomic E-state index is -0.117. The largest absolute Gasteiger partial charge is 0.323 e. The van der Waals surface area contributed by atoms with Crippen LogP contribution in [0.3, 0.4) is 0 Å². The lowest BCUT2D eigenvalue weighted by molar-refractivity contribution is 0.754. The Morgan fingerprint density at radius 1 is 1.36 bits per heavy atom. The van der Waals surface area contributed by atoms with Gasteiger partial charge < -0.3 is 5.73 Å². The molecule has 2 aromatic heterocycles. The molecule has 0 spiro atoms. The standard InChI is InChI=1S/C8H10N6/c1-6(9)8-4-14(13-12-8)7-2-10-5-11-3-7/h2-6H,9H2,1H3. The van der Waals surface area contributed by atoms with Gasteiger partial charge in [-0.25, -0.2) is 14.6 Å². The quantitative estimate of drug-likeness (QED) is 0.725. The fraction of sp³-hybridized carbons (Fsp3) is 0.250. The molecule has 0 fully saturated rings. The van der Waals surface area contributed by atoms with E-state index in [1.165, 1.54) is 6.33 Å². The van der Waals surface area contributed by atoms with E-state index in [4.69, 9.17) is 5.73 Å². The highest BCUT2D eigenvalue weighted by molar-refractivity contribution is 5.22. The van der Waals surface area contributed by atoms with Gasteiger partial charge in [-0.15, -0.1) is 5.10 Å². The molecule has 0 aliphatic heterocycles. The summed E-state index contributed by atoms with van der Waals surface area (Å²) in [5.74, 6) is 0. The monoisotopic (exact) mass is 190 g/mol. The van der Waals surface area contributed by atoms with Gasteiger partial charge >= 0.3 is 0 Å². The van der Waals surface area contributed by atoms with E-state index in [1.54, 1.807) is 23.3 Å². The van der Waals surface area contributed by atoms with E-state index in [0.29, 0.717) is 0 Å². The van der Waals surface area contributed by atoms with Gasteiger partial charge in [0.2, 0.25) is 0 Å². The Morgan fingerprint density at radius 2 is 2.07 bits per heavy atom. The zero-order valence-electron chi connectivity index (χ0n) is 7.70. The van der Waals surface area contributed by atoms with E-state index in [-0.39, 0.29) is 6.04 Å². The van der Waals surface area contributed by atoms with Crippen LogP contribution in [0.5, 0.6) is 0 Å². The first kappa shape index (κ1) is 8.76. The summed E-state index contributed by atoms with van der Waals surface area (Å²) in [4.78, 5) is 7.77. The van der Waals surface area contributed by atoms with E-state index >= 15 is 0 Å². The van der Waals surface area contributed by atoms with Gasteiger partial charge in [0, 0.05) is 6.04 Å². The van der Waals surface area contributed by atoms with E-state index < -0.39 is 0 Å². The molecule has 0 saturated heterocycles. The molecule has 1 atom stereocenters. The van der Waals surface area contributed by atoms with Crippen LogP contribution in [0.2, 0.25) is 0 Å². The molecule has 2 N–H and O–H groups in total. The molecule has 14 heavy (non-hydrogen) atoms. The van der Waals surface area contributed by atoms with Crippen molar-refractivity contribution in [2.75, 3.05) is 0 Å². The van der Waals surface area contributed by atoms with Crippen molar-refractivity contribution in [3.8, 4) is 5.69 Å². The third kappa shape index (κ3) is 1.60. The number of rotatable bonds is 2. The number of hydrogen-bond donors (Lipinski definition) is 1. The highest BCUT2D eigenvalue weighted by Crippen LogP contribution is 2.07. The van der Waals surface area contributed by atoms with Crippen molar-refractivity contribution in [1.29, 1.82) is 0 Å². The summed E-state index contributed by atoms with van der Waals surface area (Å²) in [7, 11) is 0. The van der Waals surface area contributed by atoms with Crippen molar-refractivity contribution in [2.24, 2.45) is 5.73 Å². The topological polar surface area (TPSA) is 82.5 Å². The van der Waals surface area contributed by atoms with Crippen molar-refractivity contribution >= 4 is 0 Å². The molecule has 0 aromatic carbocycles. The number of hydrogen-bond acceptors (Lipinski definition) is 5. The van der Waals surface area contributed by atoms with Crippen LogP contribution < -0.4 is 5.73 Å². The van der Waals surface area contributed by atoms with Gasteiger partial charge in [-0.05, 0) is 6.92 Å². The van der Waals surface area contributed by atoms with Crippen molar-refractivity contribution in [3.63, 3.8) is 0 Å². The second kappa shape index (κ2) is 3.51. The van der Waals surface area contributed by atoms with Crippen LogP contribution in [-0.4, -0.2) is 25.0 Å². The molecule has 2 aromatic rings. The fourth-order valence-corrected chi connectivity index (χ4v) is 1.02. The molecular weight excluding hydrogens is 180 g/mol. The van der Waals surface area contributed by atoms with Crippen LogP contribution in [0.25, 0.3) is 5.69 Å². The van der Waals surface area contributed by atoms with Gasteiger partial charge in [-0.1, -0.05) is 5.21 Å². The summed E-state index contributed by atoms with van der Waals surface area (Å²) in [5.41, 5.74) is 7.17. The highest BCUT2D eigenvalue weighted by atomic mass is 15.4. The maximum absolute atomic E-state index is 5.66. The Labute approximate surface area is 80.8 Å². The predicted octanol–water partition coefficient (Wildman–Crippen LogP) is 0.0770. The predicted molar refractivity (Wildman–Crippen MR) is 49.6 cm³/mol. The summed E-state index contributed by atoms with van der Waals surface area (Å²) in [5, 5.41) is 7.84. The average Bonchev–Trinajstić information content (AvgIpc) is 2.68. The molecule has 1 unspecified atom stereocenters. The molecule has 0 saturated carbocycles. The van der Waals surface area contributed by atoms with Crippen molar-refractivity contribution < 1.29 is 0 Å². The SMILES string of the molecule is CC(N)c1cn(-c2cncnc2)nn1. The van der Waals surface area contributed by atoms with Crippen LogP contribution in [-0.2, 0) is 0 Å². The molecule has 0 aliphatic rings. The normalized spacial score (nSPS) is 12.7. The molecular formula is C8H10N6. The molecule has 6 heteroatoms. The maximum Gasteiger partial charge on any atom is 0.115 e. The average molecular weight is 190 g/mol. The number of aromatic nitrogens is 5. The lowest BCUT2D eigenvalue weighted by Crippen LogP contribution is -2.04. The molecule has 0 aliphatic carbocycles. The first-order valence-corrected chi connectivity index (χ1v) is 4.20. The van der Waals surface area contributed by atoms with Crippen LogP contribution in [0.1, 0.15) is 18.7 Å². The maximum atomic E-state index is 5.66. The molecule has 72 valence electrons. The minimum Gasteiger partial charge on any atom is -0.323 e. The van der Waals surface area contributed by atoms with Gasteiger partial charge in [0.05, 0.1) is 24.3 Å². The van der Waals surface area contributed by atoms with Crippen molar-refractivity contribution in [3.05, 3.63) is 30.6 Å². The highest BCUT2D eigenvalue weighted by Gasteiger charge is 2.05. The smallest absolute Gasteiger partial charge is 0.115 e. The van der Waals surface area contributed by atoms with Gasteiger partial charge in [0.1, 0.15) is 12.0 Å². The van der Waals surface area contributed by atoms with Gasteiger partial charge in [0.15, 0.2) is 0 Å². The zero-order chi connectivity index (χ0) is 9.97. The van der Waals surface area contributed by atoms with E-state index in [9.17, 15) is 0 Å². The number of nitrogens with two attached hydrogens (primary N) is 1. The first-order valence-electron chi connectivity index (χ1n) is 4.20. The van der Waals surface area contributed by atoms with E-state index in [0.717, 1.165) is 11.4 Å². The summed E-state index contributed by atoms with van der Waals surface area (Å²) in [6, 6.07) is -0.117. The van der Waals surface area contributed by atoms with E-state index in [2.05, 4.69) is 20.3 Å².